The molecule has 0 amide bonds. The number of anilines is 1. The van der Waals surface area contributed by atoms with Crippen LogP contribution < -0.4 is 14.8 Å². The number of benzene rings is 2. The van der Waals surface area contributed by atoms with Crippen molar-refractivity contribution in [1.29, 1.82) is 5.26 Å². The molecule has 1 aromatic heterocycles. The maximum Gasteiger partial charge on any atom is 0.295 e. The summed E-state index contributed by atoms with van der Waals surface area (Å²) in [5.74, 6) is 1.46. The maximum atomic E-state index is 8.85. The number of nitriles is 1. The number of aromatic nitrogens is 1. The van der Waals surface area contributed by atoms with Crippen molar-refractivity contribution in [3.8, 4) is 28.8 Å². The second-order valence-electron chi connectivity index (χ2n) is 5.22. The molecule has 0 aliphatic carbocycles. The van der Waals surface area contributed by atoms with E-state index in [1.54, 1.807) is 32.6 Å². The van der Waals surface area contributed by atoms with Crippen molar-refractivity contribution in [3.63, 3.8) is 0 Å². The van der Waals surface area contributed by atoms with E-state index in [4.69, 9.17) is 19.2 Å². The molecule has 0 atom stereocenters. The van der Waals surface area contributed by atoms with E-state index in [-0.39, 0.29) is 0 Å². The molecule has 0 unspecified atom stereocenters. The molecule has 3 rings (SSSR count). The van der Waals surface area contributed by atoms with Crippen LogP contribution in [0.2, 0.25) is 0 Å². The molecule has 1 N–H and O–H groups in total. The van der Waals surface area contributed by atoms with Gasteiger partial charge in [-0.3, -0.25) is 0 Å². The first kappa shape index (κ1) is 16.4. The third-order valence-corrected chi connectivity index (χ3v) is 3.76. The van der Waals surface area contributed by atoms with Gasteiger partial charge < -0.3 is 19.2 Å². The first-order chi connectivity index (χ1) is 12.2. The molecule has 0 radical (unpaired) electrons. The zero-order chi connectivity index (χ0) is 17.6. The third kappa shape index (κ3) is 3.56. The molecular formula is C19H17N3O3. The van der Waals surface area contributed by atoms with E-state index in [0.29, 0.717) is 23.8 Å². The predicted molar refractivity (Wildman–Crippen MR) is 93.5 cm³/mol. The minimum absolute atomic E-state index is 0.396. The van der Waals surface area contributed by atoms with E-state index in [1.165, 1.54) is 0 Å². The lowest BCUT2D eigenvalue weighted by molar-refractivity contribution is 0.386. The number of nitrogens with one attached hydrogen (secondary N) is 1. The van der Waals surface area contributed by atoms with Crippen molar-refractivity contribution >= 4 is 6.01 Å². The van der Waals surface area contributed by atoms with E-state index in [2.05, 4.69) is 16.4 Å². The Hall–Kier alpha value is -3.46. The standard InChI is InChI=1S/C19H17N3O3/c1-23-17-4-3-5-18(24-2)15(17)11-21-19-22-16(12-25-19)14-8-6-13(10-20)7-9-14/h3-9,12H,11H2,1-2H3,(H,21,22). The van der Waals surface area contributed by atoms with Gasteiger partial charge in [-0.1, -0.05) is 18.2 Å². The molecule has 6 heteroatoms. The van der Waals surface area contributed by atoms with Crippen molar-refractivity contribution in [2.75, 3.05) is 19.5 Å². The lowest BCUT2D eigenvalue weighted by Crippen LogP contribution is -2.04. The molecule has 1 heterocycles. The van der Waals surface area contributed by atoms with Gasteiger partial charge in [0.15, 0.2) is 0 Å². The van der Waals surface area contributed by atoms with Crippen LogP contribution in [0.5, 0.6) is 11.5 Å². The second kappa shape index (κ2) is 7.41. The normalized spacial score (nSPS) is 10.1. The van der Waals surface area contributed by atoms with Gasteiger partial charge in [0.05, 0.1) is 38.0 Å². The smallest absolute Gasteiger partial charge is 0.295 e. The predicted octanol–water partition coefficient (Wildman–Crippen LogP) is 3.84. The van der Waals surface area contributed by atoms with Crippen molar-refractivity contribution in [3.05, 3.63) is 59.9 Å². The molecule has 0 saturated carbocycles. The molecule has 126 valence electrons. The number of hydrogen-bond acceptors (Lipinski definition) is 6. The van der Waals surface area contributed by atoms with Crippen LogP contribution in [-0.2, 0) is 6.54 Å². The van der Waals surface area contributed by atoms with E-state index in [9.17, 15) is 0 Å². The van der Waals surface area contributed by atoms with Crippen LogP contribution in [0.3, 0.4) is 0 Å². The van der Waals surface area contributed by atoms with E-state index in [1.807, 2.05) is 30.3 Å². The Balaban J connectivity index is 1.75. The van der Waals surface area contributed by atoms with Crippen LogP contribution in [0.25, 0.3) is 11.3 Å². The van der Waals surface area contributed by atoms with Crippen LogP contribution >= 0.6 is 0 Å². The van der Waals surface area contributed by atoms with E-state index in [0.717, 1.165) is 22.6 Å². The summed E-state index contributed by atoms with van der Waals surface area (Å²) in [4.78, 5) is 4.42. The van der Waals surface area contributed by atoms with Crippen LogP contribution in [0.1, 0.15) is 11.1 Å². The zero-order valence-corrected chi connectivity index (χ0v) is 13.9. The third-order valence-electron chi connectivity index (χ3n) is 3.76. The monoisotopic (exact) mass is 335 g/mol. The van der Waals surface area contributed by atoms with Gasteiger partial charge in [0.2, 0.25) is 0 Å². The van der Waals surface area contributed by atoms with Gasteiger partial charge in [0, 0.05) is 5.56 Å². The van der Waals surface area contributed by atoms with Gasteiger partial charge in [-0.15, -0.1) is 0 Å². The highest BCUT2D eigenvalue weighted by Gasteiger charge is 2.12. The minimum Gasteiger partial charge on any atom is -0.496 e. The Bertz CT molecular complexity index is 873. The fourth-order valence-corrected chi connectivity index (χ4v) is 2.47. The first-order valence-electron chi connectivity index (χ1n) is 7.65. The summed E-state index contributed by atoms with van der Waals surface area (Å²) in [5.41, 5.74) is 3.06. The first-order valence-corrected chi connectivity index (χ1v) is 7.65. The Kier molecular flexibility index (Phi) is 4.86. The van der Waals surface area contributed by atoms with Crippen LogP contribution in [0.15, 0.2) is 53.1 Å². The average Bonchev–Trinajstić information content (AvgIpc) is 3.15. The molecular weight excluding hydrogens is 318 g/mol. The number of rotatable bonds is 6. The highest BCUT2D eigenvalue weighted by atomic mass is 16.5. The van der Waals surface area contributed by atoms with Crippen LogP contribution in [0, 0.1) is 11.3 Å². The summed E-state index contributed by atoms with van der Waals surface area (Å²) in [7, 11) is 3.23. The highest BCUT2D eigenvalue weighted by molar-refractivity contribution is 5.60. The van der Waals surface area contributed by atoms with E-state index < -0.39 is 0 Å². The fraction of sp³-hybridized carbons (Fsp3) is 0.158. The zero-order valence-electron chi connectivity index (χ0n) is 13.9. The number of oxazole rings is 1. The van der Waals surface area contributed by atoms with Crippen LogP contribution in [0.4, 0.5) is 6.01 Å². The summed E-state index contributed by atoms with van der Waals surface area (Å²) in [6.45, 7) is 0.445. The van der Waals surface area contributed by atoms with Crippen molar-refractivity contribution in [1.82, 2.24) is 4.98 Å². The molecule has 0 fully saturated rings. The molecule has 6 nitrogen and oxygen atoms in total. The molecule has 0 aliphatic heterocycles. The summed E-state index contributed by atoms with van der Waals surface area (Å²) < 4.78 is 16.2. The highest BCUT2D eigenvalue weighted by Crippen LogP contribution is 2.29. The Labute approximate surface area is 145 Å². The number of nitrogens with zero attached hydrogens (tertiary/aromatic N) is 2. The van der Waals surface area contributed by atoms with Crippen molar-refractivity contribution < 1.29 is 13.9 Å². The Morgan fingerprint density at radius 1 is 1.08 bits per heavy atom. The Morgan fingerprint density at radius 3 is 2.36 bits per heavy atom. The van der Waals surface area contributed by atoms with Gasteiger partial charge in [-0.25, -0.2) is 0 Å². The molecule has 0 bridgehead atoms. The molecule has 2 aromatic carbocycles. The summed E-state index contributed by atoms with van der Waals surface area (Å²) in [6.07, 6.45) is 1.57. The van der Waals surface area contributed by atoms with Crippen molar-refractivity contribution in [2.45, 2.75) is 6.54 Å². The summed E-state index contributed by atoms with van der Waals surface area (Å²) >= 11 is 0. The van der Waals surface area contributed by atoms with Gasteiger partial charge >= 0.3 is 0 Å². The number of methoxy groups -OCH3 is 2. The van der Waals surface area contributed by atoms with Gasteiger partial charge in [0.1, 0.15) is 23.5 Å². The topological polar surface area (TPSA) is 80.3 Å². The number of hydrogen-bond donors (Lipinski definition) is 1. The van der Waals surface area contributed by atoms with Crippen LogP contribution in [-0.4, -0.2) is 19.2 Å². The van der Waals surface area contributed by atoms with Gasteiger partial charge in [0.25, 0.3) is 6.01 Å². The molecule has 0 aliphatic rings. The molecule has 0 spiro atoms. The fourth-order valence-electron chi connectivity index (χ4n) is 2.47. The lowest BCUT2D eigenvalue weighted by Gasteiger charge is -2.12. The summed E-state index contributed by atoms with van der Waals surface area (Å²) in [5, 5.41) is 12.0. The molecule has 0 saturated heterocycles. The van der Waals surface area contributed by atoms with Gasteiger partial charge in [-0.05, 0) is 24.3 Å². The SMILES string of the molecule is COc1cccc(OC)c1CNc1nc(-c2ccc(C#N)cc2)co1. The minimum atomic E-state index is 0.396. The maximum absolute atomic E-state index is 8.85. The molecule has 25 heavy (non-hydrogen) atoms. The van der Waals surface area contributed by atoms with Crippen molar-refractivity contribution in [2.24, 2.45) is 0 Å². The average molecular weight is 335 g/mol. The summed E-state index contributed by atoms with van der Waals surface area (Å²) in [6, 6.07) is 15.3. The van der Waals surface area contributed by atoms with E-state index >= 15 is 0 Å². The lowest BCUT2D eigenvalue weighted by atomic mass is 10.1. The quantitative estimate of drug-likeness (QED) is 0.737. The molecule has 3 aromatic rings. The van der Waals surface area contributed by atoms with Gasteiger partial charge in [-0.2, -0.15) is 10.2 Å². The Morgan fingerprint density at radius 2 is 1.76 bits per heavy atom. The largest absolute Gasteiger partial charge is 0.496 e. The second-order valence-corrected chi connectivity index (χ2v) is 5.22. The number of ether oxygens (including phenoxy) is 2.